The summed E-state index contributed by atoms with van der Waals surface area (Å²) >= 11 is 5.75. The zero-order valence-corrected chi connectivity index (χ0v) is 13.5. The zero-order valence-electron chi connectivity index (χ0n) is 12.7. The number of halogens is 2. The van der Waals surface area contributed by atoms with Gasteiger partial charge in [0.1, 0.15) is 11.6 Å². The highest BCUT2D eigenvalue weighted by molar-refractivity contribution is 6.30. The van der Waals surface area contributed by atoms with Gasteiger partial charge in [0.05, 0.1) is 0 Å². The Morgan fingerprint density at radius 2 is 1.58 bits per heavy atom. The van der Waals surface area contributed by atoms with Crippen molar-refractivity contribution in [1.82, 2.24) is 10.6 Å². The fraction of sp³-hybridized carbons (Fsp3) is 0.176. The summed E-state index contributed by atoms with van der Waals surface area (Å²) in [6.45, 7) is 0.381. The fourth-order valence-electron chi connectivity index (χ4n) is 1.81. The largest absolute Gasteiger partial charge is 0.484 e. The molecule has 0 aliphatic heterocycles. The van der Waals surface area contributed by atoms with Crippen molar-refractivity contribution in [2.45, 2.75) is 0 Å². The maximum atomic E-state index is 12.8. The van der Waals surface area contributed by atoms with Crippen LogP contribution in [0.2, 0.25) is 5.02 Å². The molecule has 0 spiro atoms. The third kappa shape index (κ3) is 5.89. The molecule has 0 bridgehead atoms. The van der Waals surface area contributed by atoms with Crippen LogP contribution in [-0.2, 0) is 4.79 Å². The molecule has 5 nitrogen and oxygen atoms in total. The Morgan fingerprint density at radius 1 is 0.958 bits per heavy atom. The molecule has 0 saturated carbocycles. The lowest BCUT2D eigenvalue weighted by atomic mass is 10.2. The van der Waals surface area contributed by atoms with Crippen LogP contribution in [0.3, 0.4) is 0 Å². The summed E-state index contributed by atoms with van der Waals surface area (Å²) in [5.41, 5.74) is 0.355. The van der Waals surface area contributed by atoms with Crippen LogP contribution in [0, 0.1) is 5.82 Å². The van der Waals surface area contributed by atoms with Crippen LogP contribution in [0.25, 0.3) is 0 Å². The Hall–Kier alpha value is -2.60. The van der Waals surface area contributed by atoms with Crippen molar-refractivity contribution in [2.75, 3.05) is 19.7 Å². The Kier molecular flexibility index (Phi) is 6.57. The molecule has 0 saturated heterocycles. The molecule has 2 N–H and O–H groups in total. The van der Waals surface area contributed by atoms with Gasteiger partial charge in [0.25, 0.3) is 11.8 Å². The Morgan fingerprint density at radius 3 is 2.25 bits per heavy atom. The average Bonchev–Trinajstić information content (AvgIpc) is 2.58. The summed E-state index contributed by atoms with van der Waals surface area (Å²) < 4.78 is 18.1. The standard InChI is InChI=1S/C17H16ClFN2O3/c18-13-3-7-15(8-4-13)24-11-16(22)20-9-10-21-17(23)12-1-5-14(19)6-2-12/h1-8H,9-11H2,(H,20,22)(H,21,23). The molecule has 0 radical (unpaired) electrons. The quantitative estimate of drug-likeness (QED) is 0.753. The number of amides is 2. The topological polar surface area (TPSA) is 67.4 Å². The first kappa shape index (κ1) is 17.7. The highest BCUT2D eigenvalue weighted by atomic mass is 35.5. The van der Waals surface area contributed by atoms with Gasteiger partial charge in [-0.2, -0.15) is 0 Å². The first-order valence-electron chi connectivity index (χ1n) is 7.23. The molecule has 24 heavy (non-hydrogen) atoms. The second-order valence-electron chi connectivity index (χ2n) is 4.86. The van der Waals surface area contributed by atoms with E-state index in [-0.39, 0.29) is 31.5 Å². The normalized spacial score (nSPS) is 10.1. The van der Waals surface area contributed by atoms with E-state index in [0.717, 1.165) is 0 Å². The van der Waals surface area contributed by atoms with Gasteiger partial charge in [0, 0.05) is 23.7 Å². The van der Waals surface area contributed by atoms with Crippen LogP contribution >= 0.6 is 11.6 Å². The molecule has 2 aromatic rings. The van der Waals surface area contributed by atoms with E-state index < -0.39 is 5.82 Å². The van der Waals surface area contributed by atoms with E-state index in [9.17, 15) is 14.0 Å². The molecule has 0 heterocycles. The van der Waals surface area contributed by atoms with Crippen molar-refractivity contribution < 1.29 is 18.7 Å². The van der Waals surface area contributed by atoms with E-state index in [1.165, 1.54) is 24.3 Å². The van der Waals surface area contributed by atoms with Crippen LogP contribution in [0.4, 0.5) is 4.39 Å². The highest BCUT2D eigenvalue weighted by Gasteiger charge is 2.06. The predicted molar refractivity (Wildman–Crippen MR) is 88.7 cm³/mol. The number of hydrogen-bond donors (Lipinski definition) is 2. The molecule has 0 aliphatic rings. The molecular formula is C17H16ClFN2O3. The van der Waals surface area contributed by atoms with E-state index in [0.29, 0.717) is 16.3 Å². The smallest absolute Gasteiger partial charge is 0.258 e. The molecule has 7 heteroatoms. The van der Waals surface area contributed by atoms with E-state index in [2.05, 4.69) is 10.6 Å². The summed E-state index contributed by atoms with van der Waals surface area (Å²) in [5, 5.41) is 5.82. The zero-order chi connectivity index (χ0) is 17.4. The second kappa shape index (κ2) is 8.88. The first-order valence-corrected chi connectivity index (χ1v) is 7.61. The Balaban J connectivity index is 1.63. The van der Waals surface area contributed by atoms with Crippen molar-refractivity contribution in [3.05, 3.63) is 64.9 Å². The SMILES string of the molecule is O=C(COc1ccc(Cl)cc1)NCCNC(=O)c1ccc(F)cc1. The van der Waals surface area contributed by atoms with Crippen LogP contribution in [0.1, 0.15) is 10.4 Å². The minimum Gasteiger partial charge on any atom is -0.484 e. The van der Waals surface area contributed by atoms with Gasteiger partial charge in [0.2, 0.25) is 0 Å². The third-order valence-electron chi connectivity index (χ3n) is 3.02. The van der Waals surface area contributed by atoms with Crippen LogP contribution in [0.15, 0.2) is 48.5 Å². The third-order valence-corrected chi connectivity index (χ3v) is 3.27. The van der Waals surface area contributed by atoms with E-state index in [1.54, 1.807) is 24.3 Å². The molecule has 0 fully saturated rings. The van der Waals surface area contributed by atoms with Gasteiger partial charge in [-0.05, 0) is 48.5 Å². The lowest BCUT2D eigenvalue weighted by Gasteiger charge is -2.08. The number of rotatable bonds is 7. The van der Waals surface area contributed by atoms with Gasteiger partial charge in [-0.25, -0.2) is 4.39 Å². The van der Waals surface area contributed by atoms with E-state index in [1.807, 2.05) is 0 Å². The molecule has 0 atom stereocenters. The van der Waals surface area contributed by atoms with Gasteiger partial charge in [0.15, 0.2) is 6.61 Å². The number of ether oxygens (including phenoxy) is 1. The monoisotopic (exact) mass is 350 g/mol. The maximum Gasteiger partial charge on any atom is 0.258 e. The summed E-state index contributed by atoms with van der Waals surface area (Å²) in [6.07, 6.45) is 0. The van der Waals surface area contributed by atoms with Crippen LogP contribution in [-0.4, -0.2) is 31.5 Å². The van der Waals surface area contributed by atoms with Gasteiger partial charge in [-0.1, -0.05) is 11.6 Å². The van der Waals surface area contributed by atoms with Gasteiger partial charge in [-0.15, -0.1) is 0 Å². The van der Waals surface area contributed by atoms with Gasteiger partial charge in [-0.3, -0.25) is 9.59 Å². The number of carbonyl (C=O) groups excluding carboxylic acids is 2. The van der Waals surface area contributed by atoms with Crippen molar-refractivity contribution in [1.29, 1.82) is 0 Å². The van der Waals surface area contributed by atoms with Gasteiger partial charge >= 0.3 is 0 Å². The van der Waals surface area contributed by atoms with E-state index >= 15 is 0 Å². The summed E-state index contributed by atoms with van der Waals surface area (Å²) in [4.78, 5) is 23.4. The fourth-order valence-corrected chi connectivity index (χ4v) is 1.94. The molecule has 0 aromatic heterocycles. The van der Waals surface area contributed by atoms with Gasteiger partial charge < -0.3 is 15.4 Å². The average molecular weight is 351 g/mol. The first-order chi connectivity index (χ1) is 11.5. The van der Waals surface area contributed by atoms with Crippen LogP contribution < -0.4 is 15.4 Å². The molecule has 2 rings (SSSR count). The number of benzene rings is 2. The molecule has 0 unspecified atom stereocenters. The molecule has 2 aromatic carbocycles. The number of nitrogens with one attached hydrogen (secondary N) is 2. The van der Waals surface area contributed by atoms with Crippen molar-refractivity contribution in [3.63, 3.8) is 0 Å². The van der Waals surface area contributed by atoms with Crippen LogP contribution in [0.5, 0.6) is 5.75 Å². The highest BCUT2D eigenvalue weighted by Crippen LogP contribution is 2.15. The summed E-state index contributed by atoms with van der Waals surface area (Å²) in [7, 11) is 0. The lowest BCUT2D eigenvalue weighted by Crippen LogP contribution is -2.36. The van der Waals surface area contributed by atoms with Crippen molar-refractivity contribution >= 4 is 23.4 Å². The lowest BCUT2D eigenvalue weighted by molar-refractivity contribution is -0.123. The molecule has 2 amide bonds. The molecule has 0 aliphatic carbocycles. The maximum absolute atomic E-state index is 12.8. The Bertz CT molecular complexity index is 690. The summed E-state index contributed by atoms with van der Waals surface area (Å²) in [5.74, 6) is -0.499. The number of hydrogen-bond acceptors (Lipinski definition) is 3. The minimum atomic E-state index is -0.403. The molecule has 126 valence electrons. The van der Waals surface area contributed by atoms with Crippen molar-refractivity contribution in [3.8, 4) is 5.75 Å². The predicted octanol–water partition coefficient (Wildman–Crippen LogP) is 2.40. The Labute approximate surface area is 143 Å². The van der Waals surface area contributed by atoms with E-state index in [4.69, 9.17) is 16.3 Å². The second-order valence-corrected chi connectivity index (χ2v) is 5.29. The molecular weight excluding hydrogens is 335 g/mol. The minimum absolute atomic E-state index is 0.131. The summed E-state index contributed by atoms with van der Waals surface area (Å²) in [6, 6.07) is 11.9. The van der Waals surface area contributed by atoms with Crippen molar-refractivity contribution in [2.24, 2.45) is 0 Å². The number of carbonyl (C=O) groups is 2.